The Kier molecular flexibility index (Phi) is 2.89. The lowest BCUT2D eigenvalue weighted by molar-refractivity contribution is 0.0166. The zero-order valence-electron chi connectivity index (χ0n) is 11.3. The van der Waals surface area contributed by atoms with Gasteiger partial charge >= 0.3 is 6.09 Å². The largest absolute Gasteiger partial charge is 0.444 e. The molecule has 1 aliphatic carbocycles. The standard InChI is InChI=1S/C13H24N2O2/c1-12(2,3)17-11(16)15-7-5-6-10(15)13(4)8-9(13)14/h9-10H,5-8,14H2,1-4H3/t9-,10?,13-/m0/s1. The Labute approximate surface area is 103 Å². The van der Waals surface area contributed by atoms with E-state index in [0.29, 0.717) is 0 Å². The van der Waals surface area contributed by atoms with Crippen molar-refractivity contribution >= 4 is 6.09 Å². The molecule has 2 aliphatic rings. The molecule has 1 saturated carbocycles. The van der Waals surface area contributed by atoms with Gasteiger partial charge in [0.15, 0.2) is 0 Å². The van der Waals surface area contributed by atoms with E-state index in [1.54, 1.807) is 0 Å². The number of ether oxygens (including phenoxy) is 1. The number of carbonyl (C=O) groups is 1. The van der Waals surface area contributed by atoms with Crippen LogP contribution in [0.2, 0.25) is 0 Å². The van der Waals surface area contributed by atoms with Crippen LogP contribution in [0.25, 0.3) is 0 Å². The topological polar surface area (TPSA) is 55.6 Å². The average molecular weight is 240 g/mol. The van der Waals surface area contributed by atoms with E-state index in [4.69, 9.17) is 10.5 Å². The van der Waals surface area contributed by atoms with Crippen LogP contribution in [0.15, 0.2) is 0 Å². The summed E-state index contributed by atoms with van der Waals surface area (Å²) in [4.78, 5) is 14.0. The van der Waals surface area contributed by atoms with E-state index in [1.807, 2.05) is 25.7 Å². The van der Waals surface area contributed by atoms with Crippen molar-refractivity contribution in [2.24, 2.45) is 11.1 Å². The van der Waals surface area contributed by atoms with Crippen LogP contribution in [0.5, 0.6) is 0 Å². The Morgan fingerprint density at radius 3 is 2.53 bits per heavy atom. The molecule has 3 atom stereocenters. The number of amides is 1. The lowest BCUT2D eigenvalue weighted by Crippen LogP contribution is -2.44. The van der Waals surface area contributed by atoms with Crippen molar-refractivity contribution in [1.82, 2.24) is 4.90 Å². The number of nitrogens with zero attached hydrogens (tertiary/aromatic N) is 1. The van der Waals surface area contributed by atoms with Gasteiger partial charge in [0.2, 0.25) is 0 Å². The molecule has 0 aromatic rings. The molecule has 1 aliphatic heterocycles. The first-order valence-electron chi connectivity index (χ1n) is 6.49. The molecule has 0 aromatic heterocycles. The molecule has 0 aromatic carbocycles. The normalized spacial score (nSPS) is 37.1. The second kappa shape index (κ2) is 3.87. The fourth-order valence-corrected chi connectivity index (χ4v) is 2.79. The predicted molar refractivity (Wildman–Crippen MR) is 66.7 cm³/mol. The highest BCUT2D eigenvalue weighted by Crippen LogP contribution is 2.51. The Bertz CT molecular complexity index is 324. The van der Waals surface area contributed by atoms with Gasteiger partial charge in [0.05, 0.1) is 0 Å². The molecule has 4 heteroatoms. The molecule has 1 unspecified atom stereocenters. The molecule has 98 valence electrons. The van der Waals surface area contributed by atoms with E-state index in [1.165, 1.54) is 0 Å². The third-order valence-corrected chi connectivity index (χ3v) is 3.99. The number of nitrogens with two attached hydrogens (primary N) is 1. The Hall–Kier alpha value is -0.770. The van der Waals surface area contributed by atoms with E-state index in [9.17, 15) is 4.79 Å². The van der Waals surface area contributed by atoms with Gasteiger partial charge in [-0.25, -0.2) is 4.79 Å². The molecule has 4 nitrogen and oxygen atoms in total. The maximum absolute atomic E-state index is 12.1. The molecule has 0 radical (unpaired) electrons. The minimum absolute atomic E-state index is 0.118. The molecule has 0 bridgehead atoms. The summed E-state index contributed by atoms with van der Waals surface area (Å²) in [6, 6.07) is 0.517. The summed E-state index contributed by atoms with van der Waals surface area (Å²) < 4.78 is 5.46. The highest BCUT2D eigenvalue weighted by Gasteiger charge is 2.57. The monoisotopic (exact) mass is 240 g/mol. The maximum atomic E-state index is 12.1. The Balaban J connectivity index is 2.03. The van der Waals surface area contributed by atoms with Gasteiger partial charge in [-0.05, 0) is 40.0 Å². The maximum Gasteiger partial charge on any atom is 0.410 e. The molecule has 1 heterocycles. The minimum Gasteiger partial charge on any atom is -0.444 e. The summed E-state index contributed by atoms with van der Waals surface area (Å²) >= 11 is 0. The van der Waals surface area contributed by atoms with Crippen LogP contribution < -0.4 is 5.73 Å². The number of likely N-dealkylation sites (tertiary alicyclic amines) is 1. The van der Waals surface area contributed by atoms with Gasteiger partial charge in [-0.2, -0.15) is 0 Å². The van der Waals surface area contributed by atoms with E-state index < -0.39 is 5.60 Å². The van der Waals surface area contributed by atoms with E-state index in [2.05, 4.69) is 6.92 Å². The fourth-order valence-electron chi connectivity index (χ4n) is 2.79. The first-order valence-corrected chi connectivity index (χ1v) is 6.49. The average Bonchev–Trinajstić information content (AvgIpc) is 2.66. The molecule has 2 fully saturated rings. The summed E-state index contributed by atoms with van der Waals surface area (Å²) in [7, 11) is 0. The zero-order valence-corrected chi connectivity index (χ0v) is 11.3. The first kappa shape index (κ1) is 12.7. The molecule has 1 amide bonds. The second-order valence-corrected chi connectivity index (χ2v) is 6.65. The van der Waals surface area contributed by atoms with Gasteiger partial charge in [0.25, 0.3) is 0 Å². The highest BCUT2D eigenvalue weighted by atomic mass is 16.6. The predicted octanol–water partition coefficient (Wildman–Crippen LogP) is 2.12. The van der Waals surface area contributed by atoms with Gasteiger partial charge < -0.3 is 15.4 Å². The van der Waals surface area contributed by atoms with Crippen molar-refractivity contribution in [2.75, 3.05) is 6.54 Å². The molecule has 2 rings (SSSR count). The number of rotatable bonds is 1. The van der Waals surface area contributed by atoms with Crippen molar-refractivity contribution in [3.63, 3.8) is 0 Å². The van der Waals surface area contributed by atoms with Crippen molar-refractivity contribution in [3.8, 4) is 0 Å². The Morgan fingerprint density at radius 2 is 2.06 bits per heavy atom. The highest BCUT2D eigenvalue weighted by molar-refractivity contribution is 5.69. The summed E-state index contributed by atoms with van der Waals surface area (Å²) in [5.74, 6) is 0. The van der Waals surface area contributed by atoms with Crippen LogP contribution in [-0.4, -0.2) is 35.2 Å². The number of carbonyl (C=O) groups excluding carboxylic acids is 1. The van der Waals surface area contributed by atoms with Gasteiger partial charge in [-0.1, -0.05) is 6.92 Å². The van der Waals surface area contributed by atoms with Gasteiger partial charge in [-0.3, -0.25) is 0 Å². The van der Waals surface area contributed by atoms with Crippen molar-refractivity contribution < 1.29 is 9.53 Å². The molecule has 0 spiro atoms. The Morgan fingerprint density at radius 1 is 1.47 bits per heavy atom. The number of hydrogen-bond acceptors (Lipinski definition) is 3. The quantitative estimate of drug-likeness (QED) is 0.764. The van der Waals surface area contributed by atoms with Gasteiger partial charge in [0, 0.05) is 24.0 Å². The summed E-state index contributed by atoms with van der Waals surface area (Å²) in [6.45, 7) is 8.70. The smallest absolute Gasteiger partial charge is 0.410 e. The number of hydrogen-bond donors (Lipinski definition) is 1. The molecular formula is C13H24N2O2. The summed E-state index contributed by atoms with van der Waals surface area (Å²) in [5, 5.41) is 0. The van der Waals surface area contributed by atoms with Crippen LogP contribution in [0, 0.1) is 5.41 Å². The van der Waals surface area contributed by atoms with Crippen molar-refractivity contribution in [3.05, 3.63) is 0 Å². The van der Waals surface area contributed by atoms with Crippen molar-refractivity contribution in [2.45, 2.75) is 64.6 Å². The molecule has 17 heavy (non-hydrogen) atoms. The fraction of sp³-hybridized carbons (Fsp3) is 0.923. The van der Waals surface area contributed by atoms with Crippen LogP contribution >= 0.6 is 0 Å². The summed E-state index contributed by atoms with van der Waals surface area (Å²) in [5.41, 5.74) is 5.69. The second-order valence-electron chi connectivity index (χ2n) is 6.65. The van der Waals surface area contributed by atoms with Gasteiger partial charge in [-0.15, -0.1) is 0 Å². The third-order valence-electron chi connectivity index (χ3n) is 3.99. The van der Waals surface area contributed by atoms with E-state index in [0.717, 1.165) is 25.8 Å². The van der Waals surface area contributed by atoms with E-state index in [-0.39, 0.29) is 23.6 Å². The minimum atomic E-state index is -0.420. The first-order chi connectivity index (χ1) is 7.74. The SMILES string of the molecule is CC(C)(C)OC(=O)N1CCCC1[C@@]1(C)C[C@@H]1N. The van der Waals surface area contributed by atoms with Crippen LogP contribution in [0.1, 0.15) is 47.0 Å². The molecular weight excluding hydrogens is 216 g/mol. The lowest BCUT2D eigenvalue weighted by Gasteiger charge is -2.32. The lowest BCUT2D eigenvalue weighted by atomic mass is 9.96. The van der Waals surface area contributed by atoms with Crippen LogP contribution in [0.3, 0.4) is 0 Å². The zero-order chi connectivity index (χ0) is 12.8. The van der Waals surface area contributed by atoms with Gasteiger partial charge in [0.1, 0.15) is 5.60 Å². The van der Waals surface area contributed by atoms with Crippen molar-refractivity contribution in [1.29, 1.82) is 0 Å². The van der Waals surface area contributed by atoms with E-state index >= 15 is 0 Å². The van der Waals surface area contributed by atoms with Crippen LogP contribution in [-0.2, 0) is 4.74 Å². The summed E-state index contributed by atoms with van der Waals surface area (Å²) in [6.07, 6.45) is 2.97. The van der Waals surface area contributed by atoms with Crippen LogP contribution in [0.4, 0.5) is 4.79 Å². The molecule has 1 saturated heterocycles. The molecule has 2 N–H and O–H groups in total. The third kappa shape index (κ3) is 2.41.